The molecule has 0 aliphatic heterocycles. The summed E-state index contributed by atoms with van der Waals surface area (Å²) < 4.78 is 24.3. The van der Waals surface area contributed by atoms with E-state index in [4.69, 9.17) is 5.11 Å². The molecule has 0 heterocycles. The normalized spacial score (nSPS) is 13.4. The van der Waals surface area contributed by atoms with Gasteiger partial charge in [-0.15, -0.1) is 0 Å². The molecule has 6 heteroatoms. The Morgan fingerprint density at radius 1 is 1.38 bits per heavy atom. The first-order chi connectivity index (χ1) is 7.33. The summed E-state index contributed by atoms with van der Waals surface area (Å²) in [7, 11) is -3.52. The van der Waals surface area contributed by atoms with Crippen LogP contribution in [0.1, 0.15) is 6.92 Å². The van der Waals surface area contributed by atoms with Crippen LogP contribution in [0.3, 0.4) is 0 Å². The molecule has 0 aliphatic carbocycles. The molecular weight excluding hydrogens is 296 g/mol. The first-order valence-electron chi connectivity index (χ1n) is 4.54. The average molecular weight is 307 g/mol. The van der Waals surface area contributed by atoms with Crippen molar-refractivity contribution in [2.45, 2.75) is 11.8 Å². The second kappa shape index (κ2) is 4.97. The summed E-state index contributed by atoms with van der Waals surface area (Å²) in [6.45, 7) is 1.37. The van der Waals surface area contributed by atoms with Crippen LogP contribution in [0.25, 0.3) is 0 Å². The SMILES string of the molecule is CC(CS(=O)(=O)c1ccc(Br)cc1)C(=O)O. The van der Waals surface area contributed by atoms with Gasteiger partial charge < -0.3 is 5.11 Å². The Morgan fingerprint density at radius 3 is 2.31 bits per heavy atom. The molecule has 1 N–H and O–H groups in total. The number of halogens is 1. The highest BCUT2D eigenvalue weighted by Crippen LogP contribution is 2.17. The topological polar surface area (TPSA) is 71.4 Å². The monoisotopic (exact) mass is 306 g/mol. The second-order valence-electron chi connectivity index (χ2n) is 3.47. The van der Waals surface area contributed by atoms with Gasteiger partial charge in [0, 0.05) is 4.47 Å². The van der Waals surface area contributed by atoms with Gasteiger partial charge in [-0.3, -0.25) is 4.79 Å². The first kappa shape index (κ1) is 13.2. The molecule has 0 saturated heterocycles. The molecule has 1 aromatic carbocycles. The van der Waals surface area contributed by atoms with E-state index in [0.29, 0.717) is 0 Å². The number of hydrogen-bond acceptors (Lipinski definition) is 3. The minimum atomic E-state index is -3.52. The zero-order valence-corrected chi connectivity index (χ0v) is 11.0. The summed E-state index contributed by atoms with van der Waals surface area (Å²) in [5.74, 6) is -2.40. The predicted molar refractivity (Wildman–Crippen MR) is 63.0 cm³/mol. The molecular formula is C10H11BrO4S. The molecule has 1 atom stereocenters. The van der Waals surface area contributed by atoms with Crippen LogP contribution in [0.4, 0.5) is 0 Å². The van der Waals surface area contributed by atoms with Crippen molar-refractivity contribution in [2.24, 2.45) is 5.92 Å². The van der Waals surface area contributed by atoms with Gasteiger partial charge in [0.05, 0.1) is 16.6 Å². The van der Waals surface area contributed by atoms with Crippen molar-refractivity contribution in [3.05, 3.63) is 28.7 Å². The van der Waals surface area contributed by atoms with Crippen LogP contribution in [0.5, 0.6) is 0 Å². The van der Waals surface area contributed by atoms with E-state index < -0.39 is 21.7 Å². The molecule has 1 unspecified atom stereocenters. The summed E-state index contributed by atoms with van der Waals surface area (Å²) in [5, 5.41) is 8.66. The van der Waals surface area contributed by atoms with E-state index in [1.165, 1.54) is 19.1 Å². The van der Waals surface area contributed by atoms with Crippen LogP contribution in [0, 0.1) is 5.92 Å². The molecule has 16 heavy (non-hydrogen) atoms. The van der Waals surface area contributed by atoms with Gasteiger partial charge in [-0.05, 0) is 24.3 Å². The molecule has 0 aliphatic rings. The summed E-state index contributed by atoms with van der Waals surface area (Å²) >= 11 is 3.20. The first-order valence-corrected chi connectivity index (χ1v) is 6.98. The Hall–Kier alpha value is -0.880. The zero-order chi connectivity index (χ0) is 12.3. The van der Waals surface area contributed by atoms with E-state index in [1.807, 2.05) is 0 Å². The van der Waals surface area contributed by atoms with Crippen molar-refractivity contribution in [1.82, 2.24) is 0 Å². The summed E-state index contributed by atoms with van der Waals surface area (Å²) in [5.41, 5.74) is 0. The van der Waals surface area contributed by atoms with E-state index in [1.54, 1.807) is 12.1 Å². The summed E-state index contributed by atoms with van der Waals surface area (Å²) in [4.78, 5) is 10.7. The Morgan fingerprint density at radius 2 is 1.88 bits per heavy atom. The largest absolute Gasteiger partial charge is 0.481 e. The molecule has 0 fully saturated rings. The molecule has 0 saturated carbocycles. The van der Waals surface area contributed by atoms with Crippen LogP contribution < -0.4 is 0 Å². The third-order valence-electron chi connectivity index (χ3n) is 2.06. The fourth-order valence-corrected chi connectivity index (χ4v) is 2.95. The molecule has 0 bridgehead atoms. The van der Waals surface area contributed by atoms with E-state index in [2.05, 4.69) is 15.9 Å². The lowest BCUT2D eigenvalue weighted by molar-refractivity contribution is -0.140. The maximum atomic E-state index is 11.8. The highest BCUT2D eigenvalue weighted by molar-refractivity contribution is 9.10. The lowest BCUT2D eigenvalue weighted by Gasteiger charge is -2.07. The number of benzene rings is 1. The number of aliphatic carboxylic acids is 1. The smallest absolute Gasteiger partial charge is 0.307 e. The van der Waals surface area contributed by atoms with Crippen molar-refractivity contribution in [3.63, 3.8) is 0 Å². The number of sulfone groups is 1. The van der Waals surface area contributed by atoms with Crippen molar-refractivity contribution in [1.29, 1.82) is 0 Å². The Labute approximate surface area is 102 Å². The zero-order valence-electron chi connectivity index (χ0n) is 8.55. The maximum absolute atomic E-state index is 11.8. The van der Waals surface area contributed by atoms with Crippen LogP contribution in [-0.2, 0) is 14.6 Å². The number of carbonyl (C=O) groups is 1. The molecule has 0 aromatic heterocycles. The predicted octanol–water partition coefficient (Wildman–Crippen LogP) is 1.94. The number of rotatable bonds is 4. The highest BCUT2D eigenvalue weighted by Gasteiger charge is 2.22. The van der Waals surface area contributed by atoms with Crippen molar-refractivity contribution < 1.29 is 18.3 Å². The van der Waals surface area contributed by atoms with Crippen molar-refractivity contribution >= 4 is 31.7 Å². The van der Waals surface area contributed by atoms with E-state index in [9.17, 15) is 13.2 Å². The van der Waals surface area contributed by atoms with E-state index >= 15 is 0 Å². The number of carboxylic acid groups (broad SMARTS) is 1. The van der Waals surface area contributed by atoms with Gasteiger partial charge in [0.15, 0.2) is 9.84 Å². The molecule has 4 nitrogen and oxygen atoms in total. The van der Waals surface area contributed by atoms with Gasteiger partial charge >= 0.3 is 5.97 Å². The lowest BCUT2D eigenvalue weighted by atomic mass is 10.2. The average Bonchev–Trinajstić information content (AvgIpc) is 2.17. The van der Waals surface area contributed by atoms with E-state index in [0.717, 1.165) is 4.47 Å². The summed E-state index contributed by atoms with van der Waals surface area (Å²) in [6, 6.07) is 6.12. The standard InChI is InChI=1S/C10H11BrO4S/c1-7(10(12)13)6-16(14,15)9-4-2-8(11)3-5-9/h2-5,7H,6H2,1H3,(H,12,13). The molecule has 88 valence electrons. The number of hydrogen-bond donors (Lipinski definition) is 1. The van der Waals surface area contributed by atoms with Gasteiger partial charge in [0.2, 0.25) is 0 Å². The fourth-order valence-electron chi connectivity index (χ4n) is 1.14. The van der Waals surface area contributed by atoms with Gasteiger partial charge in [-0.1, -0.05) is 22.9 Å². The van der Waals surface area contributed by atoms with Gasteiger partial charge in [-0.2, -0.15) is 0 Å². The van der Waals surface area contributed by atoms with Crippen molar-refractivity contribution in [3.8, 4) is 0 Å². The van der Waals surface area contributed by atoms with E-state index in [-0.39, 0.29) is 10.6 Å². The van der Waals surface area contributed by atoms with Crippen LogP contribution in [0.15, 0.2) is 33.6 Å². The molecule has 1 aromatic rings. The second-order valence-corrected chi connectivity index (χ2v) is 6.42. The minimum Gasteiger partial charge on any atom is -0.481 e. The fraction of sp³-hybridized carbons (Fsp3) is 0.300. The van der Waals surface area contributed by atoms with Crippen LogP contribution in [0.2, 0.25) is 0 Å². The van der Waals surface area contributed by atoms with Crippen LogP contribution in [-0.4, -0.2) is 25.2 Å². The molecule has 0 amide bonds. The highest BCUT2D eigenvalue weighted by atomic mass is 79.9. The molecule has 0 spiro atoms. The van der Waals surface area contributed by atoms with Gasteiger partial charge in [0.1, 0.15) is 0 Å². The third-order valence-corrected chi connectivity index (χ3v) is 4.52. The Bertz CT molecular complexity index is 478. The quantitative estimate of drug-likeness (QED) is 0.923. The maximum Gasteiger partial charge on any atom is 0.307 e. The van der Waals surface area contributed by atoms with Gasteiger partial charge in [0.25, 0.3) is 0 Å². The third kappa shape index (κ3) is 3.31. The Balaban J connectivity index is 2.94. The summed E-state index contributed by atoms with van der Waals surface area (Å²) in [6.07, 6.45) is 0. The van der Waals surface area contributed by atoms with Crippen LogP contribution >= 0.6 is 15.9 Å². The van der Waals surface area contributed by atoms with Gasteiger partial charge in [-0.25, -0.2) is 8.42 Å². The lowest BCUT2D eigenvalue weighted by Crippen LogP contribution is -2.21. The number of carboxylic acids is 1. The molecule has 1 rings (SSSR count). The Kier molecular flexibility index (Phi) is 4.09. The molecule has 0 radical (unpaired) electrons. The minimum absolute atomic E-state index is 0.142. The van der Waals surface area contributed by atoms with Crippen molar-refractivity contribution in [2.75, 3.05) is 5.75 Å².